The third-order valence-corrected chi connectivity index (χ3v) is 4.87. The highest BCUT2D eigenvalue weighted by Crippen LogP contribution is 2.32. The number of nitrogens with zero attached hydrogens (tertiary/aromatic N) is 5. The van der Waals surface area contributed by atoms with Crippen molar-refractivity contribution < 1.29 is 9.66 Å². The summed E-state index contributed by atoms with van der Waals surface area (Å²) in [6.45, 7) is 3.22. The van der Waals surface area contributed by atoms with E-state index in [1.165, 1.54) is 6.33 Å². The number of rotatable bonds is 7. The van der Waals surface area contributed by atoms with Crippen LogP contribution in [0.15, 0.2) is 60.9 Å². The van der Waals surface area contributed by atoms with Gasteiger partial charge in [-0.2, -0.15) is 0 Å². The summed E-state index contributed by atoms with van der Waals surface area (Å²) in [5, 5.41) is 16.7. The molecular weight excluding hydrogens is 398 g/mol. The van der Waals surface area contributed by atoms with Crippen molar-refractivity contribution in [3.63, 3.8) is 0 Å². The van der Waals surface area contributed by atoms with E-state index in [1.807, 2.05) is 42.4 Å². The van der Waals surface area contributed by atoms with Gasteiger partial charge in [0.2, 0.25) is 11.6 Å². The van der Waals surface area contributed by atoms with Crippen LogP contribution in [-0.4, -0.2) is 58.0 Å². The molecule has 3 aromatic rings. The lowest BCUT2D eigenvalue weighted by molar-refractivity contribution is -0.383. The molecule has 160 valence electrons. The van der Waals surface area contributed by atoms with Crippen LogP contribution in [-0.2, 0) is 0 Å². The van der Waals surface area contributed by atoms with Crippen LogP contribution in [0.3, 0.4) is 0 Å². The van der Waals surface area contributed by atoms with E-state index in [-0.39, 0.29) is 17.3 Å². The Kier molecular flexibility index (Phi) is 6.20. The van der Waals surface area contributed by atoms with Crippen molar-refractivity contribution in [3.05, 3.63) is 71.0 Å². The highest BCUT2D eigenvalue weighted by Gasteiger charge is 2.25. The molecule has 31 heavy (non-hydrogen) atoms. The van der Waals surface area contributed by atoms with E-state index in [9.17, 15) is 10.1 Å². The minimum Gasteiger partial charge on any atom is -0.457 e. The Morgan fingerprint density at radius 2 is 1.58 bits per heavy atom. The summed E-state index contributed by atoms with van der Waals surface area (Å²) in [5.41, 5.74) is 3.51. The Balaban J connectivity index is 1.49. The Morgan fingerprint density at radius 1 is 0.935 bits per heavy atom. The zero-order valence-electron chi connectivity index (χ0n) is 17.1. The standard InChI is InChI=1S/C21H23N7O3/c1-26-11-13-27(14-12-26)25-21-19(28(29)30)20(22-15-23-21)24-16-7-9-18(10-8-16)31-17-5-3-2-4-6-17/h2-10,15H,11-14H2,1H3,(H2,22,23,24,25). The fourth-order valence-electron chi connectivity index (χ4n) is 3.16. The second kappa shape index (κ2) is 9.37. The van der Waals surface area contributed by atoms with Gasteiger partial charge >= 0.3 is 5.69 Å². The Hall–Kier alpha value is -3.76. The highest BCUT2D eigenvalue weighted by molar-refractivity contribution is 5.73. The molecule has 0 aliphatic carbocycles. The molecule has 2 heterocycles. The van der Waals surface area contributed by atoms with Crippen LogP contribution >= 0.6 is 0 Å². The van der Waals surface area contributed by atoms with Crippen molar-refractivity contribution >= 4 is 23.0 Å². The molecule has 0 amide bonds. The van der Waals surface area contributed by atoms with Crippen molar-refractivity contribution in [2.45, 2.75) is 0 Å². The van der Waals surface area contributed by atoms with E-state index in [2.05, 4.69) is 25.6 Å². The van der Waals surface area contributed by atoms with E-state index >= 15 is 0 Å². The Bertz CT molecular complexity index is 1020. The maximum Gasteiger partial charge on any atom is 0.354 e. The molecule has 1 aliphatic heterocycles. The number of para-hydroxylation sites is 1. The van der Waals surface area contributed by atoms with Crippen molar-refractivity contribution in [2.75, 3.05) is 44.0 Å². The Labute approximate surface area is 179 Å². The lowest BCUT2D eigenvalue weighted by Crippen LogP contribution is -2.47. The lowest BCUT2D eigenvalue weighted by Gasteiger charge is -2.32. The topological polar surface area (TPSA) is 109 Å². The van der Waals surface area contributed by atoms with Gasteiger partial charge in [-0.15, -0.1) is 0 Å². The first-order chi connectivity index (χ1) is 15.1. The SMILES string of the molecule is CN1CCN(Nc2ncnc(Nc3ccc(Oc4ccccc4)cc3)c2[N+](=O)[O-])CC1. The first kappa shape index (κ1) is 20.5. The summed E-state index contributed by atoms with van der Waals surface area (Å²) >= 11 is 0. The maximum absolute atomic E-state index is 11.8. The van der Waals surface area contributed by atoms with E-state index in [1.54, 1.807) is 24.3 Å². The number of benzene rings is 2. The maximum atomic E-state index is 11.8. The van der Waals surface area contributed by atoms with Crippen LogP contribution in [0.1, 0.15) is 0 Å². The molecule has 1 fully saturated rings. The number of nitro groups is 1. The molecule has 2 aromatic carbocycles. The molecule has 10 heteroatoms. The molecule has 10 nitrogen and oxygen atoms in total. The fourth-order valence-corrected chi connectivity index (χ4v) is 3.16. The second-order valence-corrected chi connectivity index (χ2v) is 7.14. The molecule has 1 saturated heterocycles. The zero-order valence-corrected chi connectivity index (χ0v) is 17.1. The van der Waals surface area contributed by atoms with Gasteiger partial charge in [0.05, 0.1) is 4.92 Å². The number of aromatic nitrogens is 2. The van der Waals surface area contributed by atoms with Crippen LogP contribution in [0.4, 0.5) is 23.0 Å². The van der Waals surface area contributed by atoms with Crippen LogP contribution in [0.5, 0.6) is 11.5 Å². The predicted octanol–water partition coefficient (Wildman–Crippen LogP) is 3.50. The quantitative estimate of drug-likeness (QED) is 0.438. The van der Waals surface area contributed by atoms with Gasteiger partial charge in [0.25, 0.3) is 0 Å². The van der Waals surface area contributed by atoms with Crippen LogP contribution in [0.25, 0.3) is 0 Å². The first-order valence-electron chi connectivity index (χ1n) is 9.88. The van der Waals surface area contributed by atoms with Gasteiger partial charge in [-0.05, 0) is 43.4 Å². The summed E-state index contributed by atoms with van der Waals surface area (Å²) < 4.78 is 5.78. The third kappa shape index (κ3) is 5.24. The number of nitrogens with one attached hydrogen (secondary N) is 2. The number of likely N-dealkylation sites (N-methyl/N-ethyl adjacent to an activating group) is 1. The predicted molar refractivity (Wildman–Crippen MR) is 118 cm³/mol. The molecule has 0 saturated carbocycles. The molecule has 1 aromatic heterocycles. The molecular formula is C21H23N7O3. The van der Waals surface area contributed by atoms with Gasteiger partial charge in [0.15, 0.2) is 0 Å². The van der Waals surface area contributed by atoms with Gasteiger partial charge in [-0.3, -0.25) is 15.5 Å². The first-order valence-corrected chi connectivity index (χ1v) is 9.88. The second-order valence-electron chi connectivity index (χ2n) is 7.14. The molecule has 1 aliphatic rings. The van der Waals surface area contributed by atoms with Gasteiger partial charge < -0.3 is 15.0 Å². The number of ether oxygens (including phenoxy) is 1. The lowest BCUT2D eigenvalue weighted by atomic mass is 10.3. The van der Waals surface area contributed by atoms with Crippen LogP contribution in [0.2, 0.25) is 0 Å². The van der Waals surface area contributed by atoms with Gasteiger partial charge in [-0.1, -0.05) is 18.2 Å². The van der Waals surface area contributed by atoms with Crippen LogP contribution < -0.4 is 15.5 Å². The molecule has 0 unspecified atom stereocenters. The smallest absolute Gasteiger partial charge is 0.354 e. The average molecular weight is 421 g/mol. The molecule has 2 N–H and O–H groups in total. The van der Waals surface area contributed by atoms with Gasteiger partial charge in [0.1, 0.15) is 17.8 Å². The third-order valence-electron chi connectivity index (χ3n) is 4.87. The number of anilines is 3. The summed E-state index contributed by atoms with van der Waals surface area (Å²) in [5.74, 6) is 1.67. The molecule has 0 atom stereocenters. The Morgan fingerprint density at radius 3 is 2.26 bits per heavy atom. The summed E-state index contributed by atoms with van der Waals surface area (Å²) in [6, 6.07) is 16.6. The van der Waals surface area contributed by atoms with Gasteiger partial charge in [0, 0.05) is 31.9 Å². The summed E-state index contributed by atoms with van der Waals surface area (Å²) in [4.78, 5) is 21.7. The van der Waals surface area contributed by atoms with Crippen molar-refractivity contribution in [3.8, 4) is 11.5 Å². The number of piperazine rings is 1. The number of hydrazine groups is 1. The van der Waals surface area contributed by atoms with E-state index in [4.69, 9.17) is 4.74 Å². The molecule has 0 bridgehead atoms. The number of hydrogen-bond donors (Lipinski definition) is 2. The normalized spacial score (nSPS) is 14.7. The fraction of sp³-hybridized carbons (Fsp3) is 0.238. The van der Waals surface area contributed by atoms with Crippen molar-refractivity contribution in [1.82, 2.24) is 19.9 Å². The minimum atomic E-state index is -0.479. The van der Waals surface area contributed by atoms with Crippen LogP contribution in [0, 0.1) is 10.1 Å². The van der Waals surface area contributed by atoms with Gasteiger partial charge in [-0.25, -0.2) is 15.0 Å². The zero-order chi connectivity index (χ0) is 21.6. The summed E-state index contributed by atoms with van der Waals surface area (Å²) in [6.07, 6.45) is 1.31. The number of hydrogen-bond acceptors (Lipinski definition) is 9. The monoisotopic (exact) mass is 421 g/mol. The molecule has 4 rings (SSSR count). The minimum absolute atomic E-state index is 0.119. The molecule has 0 radical (unpaired) electrons. The summed E-state index contributed by atoms with van der Waals surface area (Å²) in [7, 11) is 2.04. The van der Waals surface area contributed by atoms with Crippen molar-refractivity contribution in [2.24, 2.45) is 0 Å². The van der Waals surface area contributed by atoms with E-state index in [0.29, 0.717) is 11.4 Å². The largest absolute Gasteiger partial charge is 0.457 e. The molecule has 0 spiro atoms. The van der Waals surface area contributed by atoms with E-state index in [0.717, 1.165) is 31.9 Å². The average Bonchev–Trinajstić information content (AvgIpc) is 2.77. The van der Waals surface area contributed by atoms with E-state index < -0.39 is 4.92 Å². The highest BCUT2D eigenvalue weighted by atomic mass is 16.6. The van der Waals surface area contributed by atoms with Crippen molar-refractivity contribution in [1.29, 1.82) is 0 Å².